The molecule has 0 spiro atoms. The van der Waals surface area contributed by atoms with Crippen molar-refractivity contribution in [2.45, 2.75) is 25.4 Å². The highest BCUT2D eigenvalue weighted by atomic mass is 16.5. The van der Waals surface area contributed by atoms with E-state index in [1.54, 1.807) is 6.08 Å². The van der Waals surface area contributed by atoms with Gasteiger partial charge >= 0.3 is 11.9 Å². The van der Waals surface area contributed by atoms with Gasteiger partial charge in [-0.15, -0.1) is 0 Å². The summed E-state index contributed by atoms with van der Waals surface area (Å²) in [6.07, 6.45) is 2.83. The lowest BCUT2D eigenvalue weighted by Crippen LogP contribution is -2.29. The van der Waals surface area contributed by atoms with Crippen LogP contribution in [-0.2, 0) is 23.8 Å². The third kappa shape index (κ3) is 1.62. The summed E-state index contributed by atoms with van der Waals surface area (Å²) in [6, 6.07) is 0. The molecule has 0 unspecified atom stereocenters. The average Bonchev–Trinajstić information content (AvgIpc) is 2.92. The SMILES string of the molecule is C=C[C@@H]1C[C@]2(C(=O)OC)CCC(C(=O)OC)=C2O1. The first-order valence-electron chi connectivity index (χ1n) is 5.78. The van der Waals surface area contributed by atoms with E-state index in [-0.39, 0.29) is 12.1 Å². The maximum Gasteiger partial charge on any atom is 0.337 e. The van der Waals surface area contributed by atoms with Crippen molar-refractivity contribution in [2.75, 3.05) is 14.2 Å². The summed E-state index contributed by atoms with van der Waals surface area (Å²) in [6.45, 7) is 3.66. The van der Waals surface area contributed by atoms with E-state index in [0.29, 0.717) is 30.6 Å². The van der Waals surface area contributed by atoms with Crippen molar-refractivity contribution < 1.29 is 23.8 Å². The first-order valence-corrected chi connectivity index (χ1v) is 5.78. The summed E-state index contributed by atoms with van der Waals surface area (Å²) in [7, 11) is 2.65. The van der Waals surface area contributed by atoms with Gasteiger partial charge in [0, 0.05) is 6.42 Å². The minimum absolute atomic E-state index is 0.265. The van der Waals surface area contributed by atoms with Crippen molar-refractivity contribution in [1.29, 1.82) is 0 Å². The van der Waals surface area contributed by atoms with Gasteiger partial charge in [0.25, 0.3) is 0 Å². The number of hydrogen-bond acceptors (Lipinski definition) is 5. The van der Waals surface area contributed by atoms with Crippen molar-refractivity contribution in [3.05, 3.63) is 24.0 Å². The van der Waals surface area contributed by atoms with E-state index in [9.17, 15) is 9.59 Å². The van der Waals surface area contributed by atoms with Crippen molar-refractivity contribution in [3.63, 3.8) is 0 Å². The van der Waals surface area contributed by atoms with Gasteiger partial charge in [-0.2, -0.15) is 0 Å². The maximum absolute atomic E-state index is 12.0. The molecule has 1 heterocycles. The normalized spacial score (nSPS) is 29.6. The summed E-state index contributed by atoms with van der Waals surface area (Å²) < 4.78 is 15.2. The van der Waals surface area contributed by atoms with Gasteiger partial charge in [-0.25, -0.2) is 4.79 Å². The smallest absolute Gasteiger partial charge is 0.337 e. The lowest BCUT2D eigenvalue weighted by atomic mass is 9.82. The van der Waals surface area contributed by atoms with E-state index in [1.165, 1.54) is 14.2 Å². The minimum Gasteiger partial charge on any atom is -0.489 e. The first kappa shape index (κ1) is 12.7. The molecule has 1 saturated heterocycles. The molecule has 1 aliphatic carbocycles. The van der Waals surface area contributed by atoms with Gasteiger partial charge in [0.2, 0.25) is 0 Å². The quantitative estimate of drug-likeness (QED) is 0.560. The third-order valence-corrected chi connectivity index (χ3v) is 3.60. The molecule has 5 nitrogen and oxygen atoms in total. The number of fused-ring (bicyclic) bond motifs is 1. The third-order valence-electron chi connectivity index (χ3n) is 3.60. The molecule has 1 fully saturated rings. The van der Waals surface area contributed by atoms with E-state index < -0.39 is 11.4 Å². The summed E-state index contributed by atoms with van der Waals surface area (Å²) in [5.41, 5.74) is -0.399. The molecule has 1 aliphatic heterocycles. The van der Waals surface area contributed by atoms with E-state index in [1.807, 2.05) is 0 Å². The summed E-state index contributed by atoms with van der Waals surface area (Å²) >= 11 is 0. The van der Waals surface area contributed by atoms with Crippen LogP contribution in [-0.4, -0.2) is 32.3 Å². The van der Waals surface area contributed by atoms with Crippen LogP contribution in [0.5, 0.6) is 0 Å². The van der Waals surface area contributed by atoms with Crippen molar-refractivity contribution in [2.24, 2.45) is 5.41 Å². The molecule has 0 bridgehead atoms. The van der Waals surface area contributed by atoms with Crippen LogP contribution in [0.1, 0.15) is 19.3 Å². The van der Waals surface area contributed by atoms with Crippen LogP contribution in [0.2, 0.25) is 0 Å². The maximum atomic E-state index is 12.0. The van der Waals surface area contributed by atoms with Gasteiger partial charge in [0.05, 0.1) is 19.8 Å². The van der Waals surface area contributed by atoms with Crippen LogP contribution in [0.15, 0.2) is 24.0 Å². The number of rotatable bonds is 3. The Balaban J connectivity index is 2.45. The molecule has 2 atom stereocenters. The predicted octanol–water partition coefficient (Wildman–Crippen LogP) is 1.34. The lowest BCUT2D eigenvalue weighted by Gasteiger charge is -2.19. The van der Waals surface area contributed by atoms with Gasteiger partial charge < -0.3 is 14.2 Å². The van der Waals surface area contributed by atoms with Crippen LogP contribution >= 0.6 is 0 Å². The first-order chi connectivity index (χ1) is 8.58. The molecule has 18 heavy (non-hydrogen) atoms. The van der Waals surface area contributed by atoms with Crippen LogP contribution in [0, 0.1) is 5.41 Å². The Hall–Kier alpha value is -1.78. The van der Waals surface area contributed by atoms with Crippen LogP contribution in [0.4, 0.5) is 0 Å². The lowest BCUT2D eigenvalue weighted by molar-refractivity contribution is -0.150. The molecule has 2 rings (SSSR count). The second-order valence-electron chi connectivity index (χ2n) is 4.47. The number of methoxy groups -OCH3 is 2. The van der Waals surface area contributed by atoms with Crippen LogP contribution in [0.3, 0.4) is 0 Å². The monoisotopic (exact) mass is 252 g/mol. The topological polar surface area (TPSA) is 61.8 Å². The Morgan fingerprint density at radius 3 is 2.72 bits per heavy atom. The zero-order valence-corrected chi connectivity index (χ0v) is 10.5. The predicted molar refractivity (Wildman–Crippen MR) is 62.4 cm³/mol. The Bertz CT molecular complexity index is 437. The minimum atomic E-state index is -0.836. The molecule has 0 amide bonds. The molecule has 0 aromatic carbocycles. The Labute approximate surface area is 105 Å². The largest absolute Gasteiger partial charge is 0.489 e. The van der Waals surface area contributed by atoms with E-state index in [4.69, 9.17) is 14.2 Å². The molecule has 0 radical (unpaired) electrons. The zero-order valence-electron chi connectivity index (χ0n) is 10.5. The molecular weight excluding hydrogens is 236 g/mol. The van der Waals surface area contributed by atoms with E-state index in [0.717, 1.165) is 0 Å². The Morgan fingerprint density at radius 2 is 2.17 bits per heavy atom. The molecule has 0 aromatic rings. The van der Waals surface area contributed by atoms with Gasteiger partial charge in [-0.3, -0.25) is 4.79 Å². The molecule has 2 aliphatic rings. The summed E-state index contributed by atoms with van der Waals surface area (Å²) in [5, 5.41) is 0. The van der Waals surface area contributed by atoms with Gasteiger partial charge in [-0.1, -0.05) is 12.7 Å². The van der Waals surface area contributed by atoms with E-state index >= 15 is 0 Å². The number of ether oxygens (including phenoxy) is 3. The highest BCUT2D eigenvalue weighted by molar-refractivity contribution is 5.93. The molecule has 5 heteroatoms. The Kier molecular flexibility index (Phi) is 3.15. The summed E-state index contributed by atoms with van der Waals surface area (Å²) in [5.74, 6) is -0.396. The van der Waals surface area contributed by atoms with Crippen molar-refractivity contribution in [1.82, 2.24) is 0 Å². The average molecular weight is 252 g/mol. The molecule has 0 aromatic heterocycles. The molecular formula is C13H16O5. The van der Waals surface area contributed by atoms with Crippen molar-refractivity contribution >= 4 is 11.9 Å². The van der Waals surface area contributed by atoms with Gasteiger partial charge in [0.15, 0.2) is 0 Å². The van der Waals surface area contributed by atoms with Crippen LogP contribution < -0.4 is 0 Å². The highest BCUT2D eigenvalue weighted by Crippen LogP contribution is 2.53. The number of esters is 2. The molecule has 0 saturated carbocycles. The summed E-state index contributed by atoms with van der Waals surface area (Å²) in [4.78, 5) is 23.7. The standard InChI is InChI=1S/C13H16O5/c1-4-8-7-13(12(15)17-3)6-5-9(10(13)18-8)11(14)16-2/h4,8H,1,5-7H2,2-3H3/t8-,13-/m1/s1. The molecule has 98 valence electrons. The number of carbonyl (C=O) groups excluding carboxylic acids is 2. The second kappa shape index (κ2) is 4.48. The fraction of sp³-hybridized carbons (Fsp3) is 0.538. The Morgan fingerprint density at radius 1 is 1.44 bits per heavy atom. The highest BCUT2D eigenvalue weighted by Gasteiger charge is 2.57. The van der Waals surface area contributed by atoms with Crippen LogP contribution in [0.25, 0.3) is 0 Å². The fourth-order valence-electron chi connectivity index (χ4n) is 2.69. The van der Waals surface area contributed by atoms with E-state index in [2.05, 4.69) is 6.58 Å². The van der Waals surface area contributed by atoms with Crippen molar-refractivity contribution in [3.8, 4) is 0 Å². The van der Waals surface area contributed by atoms with Gasteiger partial charge in [0.1, 0.15) is 17.3 Å². The zero-order chi connectivity index (χ0) is 13.3. The van der Waals surface area contributed by atoms with Gasteiger partial charge in [-0.05, 0) is 12.8 Å². The number of carbonyl (C=O) groups is 2. The second-order valence-corrected chi connectivity index (χ2v) is 4.47. The fourth-order valence-corrected chi connectivity index (χ4v) is 2.69. The number of hydrogen-bond donors (Lipinski definition) is 0. The molecule has 0 N–H and O–H groups in total.